The van der Waals surface area contributed by atoms with E-state index in [-0.39, 0.29) is 6.23 Å². The Balaban J connectivity index is 2.96. The third-order valence-electron chi connectivity index (χ3n) is 1.12. The summed E-state index contributed by atoms with van der Waals surface area (Å²) in [6, 6.07) is 6.72. The quantitative estimate of drug-likeness (QED) is 0.606. The maximum absolute atomic E-state index is 8.78. The van der Waals surface area contributed by atoms with Gasteiger partial charge in [-0.1, -0.05) is 17.7 Å². The summed E-state index contributed by atoms with van der Waals surface area (Å²) < 4.78 is 0. The van der Waals surface area contributed by atoms with Crippen LogP contribution in [0.4, 0.5) is 0 Å². The van der Waals surface area contributed by atoms with Crippen molar-refractivity contribution in [3.8, 4) is 0 Å². The van der Waals surface area contributed by atoms with Crippen LogP contribution in [0.5, 0.6) is 0 Å². The van der Waals surface area contributed by atoms with Crippen LogP contribution in [0.1, 0.15) is 5.56 Å². The lowest BCUT2D eigenvalue weighted by Crippen LogP contribution is -2.09. The predicted molar refractivity (Wildman–Crippen MR) is 39.9 cm³/mol. The van der Waals surface area contributed by atoms with Crippen LogP contribution >= 0.6 is 11.6 Å². The Morgan fingerprint density at radius 2 is 2.20 bits per heavy atom. The van der Waals surface area contributed by atoms with Gasteiger partial charge in [0.2, 0.25) is 0 Å². The highest BCUT2D eigenvalue weighted by Crippen LogP contribution is 2.13. The van der Waals surface area contributed by atoms with E-state index < -0.39 is 0 Å². The summed E-state index contributed by atoms with van der Waals surface area (Å²) in [4.78, 5) is 0. The van der Waals surface area contributed by atoms with Gasteiger partial charge in [-0.25, -0.2) is 0 Å². The number of hydrogen-bond donors (Lipinski definition) is 2. The summed E-state index contributed by atoms with van der Waals surface area (Å²) >= 11 is 5.61. The van der Waals surface area contributed by atoms with Gasteiger partial charge >= 0.3 is 0 Å². The van der Waals surface area contributed by atoms with Gasteiger partial charge in [0.1, 0.15) is 0 Å². The van der Waals surface area contributed by atoms with Crippen molar-refractivity contribution in [1.29, 1.82) is 0 Å². The van der Waals surface area contributed by atoms with Gasteiger partial charge in [-0.05, 0) is 5.02 Å². The molecular weight excluding hydrogens is 150 g/mol. The molecule has 0 saturated carbocycles. The van der Waals surface area contributed by atoms with Crippen molar-refractivity contribution in [1.82, 2.24) is 0 Å². The molecule has 1 rings (SSSR count). The molecule has 0 radical (unpaired) electrons. The fraction of sp³-hybridized carbons (Fsp3) is 0. The second kappa shape index (κ2) is 2.92. The van der Waals surface area contributed by atoms with E-state index in [4.69, 9.17) is 22.4 Å². The maximum atomic E-state index is 8.78. The Hall–Kier alpha value is -0.700. The van der Waals surface area contributed by atoms with Gasteiger partial charge < -0.3 is 10.8 Å². The summed E-state index contributed by atoms with van der Waals surface area (Å²) in [6.45, 7) is 0. The van der Waals surface area contributed by atoms with Gasteiger partial charge in [0.05, 0.1) is 0 Å². The van der Waals surface area contributed by atoms with Crippen molar-refractivity contribution in [3.63, 3.8) is 0 Å². The lowest BCUT2D eigenvalue weighted by atomic mass is 10.2. The zero-order valence-electron chi connectivity index (χ0n) is 5.21. The van der Waals surface area contributed by atoms with Gasteiger partial charge in [0, 0.05) is 6.23 Å². The fourth-order valence-corrected chi connectivity index (χ4v) is 0.838. The normalized spacial score (nSPS) is 9.50. The van der Waals surface area contributed by atoms with Crippen LogP contribution in [0.2, 0.25) is 5.02 Å². The molecule has 1 aromatic carbocycles. The van der Waals surface area contributed by atoms with Crippen molar-refractivity contribution in [2.45, 2.75) is 0 Å². The molecule has 0 saturated heterocycles. The zero-order chi connectivity index (χ0) is 7.56. The molecule has 0 aliphatic rings. The van der Waals surface area contributed by atoms with Crippen molar-refractivity contribution in [2.75, 3.05) is 0 Å². The highest BCUT2D eigenvalue weighted by Gasteiger charge is 1.89. The van der Waals surface area contributed by atoms with E-state index >= 15 is 0 Å². The average Bonchev–Trinajstić information content (AvgIpc) is 1.88. The first-order chi connectivity index (χ1) is 4.70. The number of halogens is 1. The minimum Gasteiger partial charge on any atom is -0.411 e. The zero-order valence-corrected chi connectivity index (χ0v) is 5.97. The molecule has 0 amide bonds. The fourth-order valence-electron chi connectivity index (χ4n) is 0.648. The Labute approximate surface area is 64.2 Å². The summed E-state index contributed by atoms with van der Waals surface area (Å²) in [7, 11) is 0. The van der Waals surface area contributed by atoms with Crippen LogP contribution in [0, 0.1) is 6.23 Å². The summed E-state index contributed by atoms with van der Waals surface area (Å²) in [5.74, 6) is 0. The summed E-state index contributed by atoms with van der Waals surface area (Å²) in [5.41, 5.74) is 5.64. The summed E-state index contributed by atoms with van der Waals surface area (Å²) in [6.07, 6.45) is -0.206. The SMILES string of the molecule is N[C-](O)c1cccc(Cl)c1. The van der Waals surface area contributed by atoms with E-state index in [9.17, 15) is 0 Å². The topological polar surface area (TPSA) is 46.2 Å². The number of nitrogens with two attached hydrogens (primary N) is 1. The smallest absolute Gasteiger partial charge is 0.00723 e. The number of aliphatic hydroxyl groups excluding tert-OH is 1. The lowest BCUT2D eigenvalue weighted by Gasteiger charge is -2.12. The first kappa shape index (κ1) is 7.41. The predicted octanol–water partition coefficient (Wildman–Crippen LogP) is 1.51. The van der Waals surface area contributed by atoms with E-state index in [2.05, 4.69) is 0 Å². The van der Waals surface area contributed by atoms with Crippen LogP contribution in [-0.4, -0.2) is 5.11 Å². The second-order valence-corrected chi connectivity index (χ2v) is 2.33. The molecule has 0 aromatic heterocycles. The van der Waals surface area contributed by atoms with Crippen LogP contribution in [0.3, 0.4) is 0 Å². The molecule has 0 aliphatic carbocycles. The van der Waals surface area contributed by atoms with Gasteiger partial charge in [-0.2, -0.15) is 6.07 Å². The number of rotatable bonds is 1. The van der Waals surface area contributed by atoms with Crippen LogP contribution in [-0.2, 0) is 0 Å². The standard InChI is InChI=1S/C7H7ClNO/c8-6-3-1-2-5(4-6)7(9)10/h1-4,10H,9H2/q-1. The molecule has 0 unspecified atom stereocenters. The lowest BCUT2D eigenvalue weighted by molar-refractivity contribution is 0.331. The molecule has 0 atom stereocenters. The highest BCUT2D eigenvalue weighted by molar-refractivity contribution is 6.30. The maximum Gasteiger partial charge on any atom is 0.00723 e. The monoisotopic (exact) mass is 156 g/mol. The third kappa shape index (κ3) is 1.64. The molecule has 3 N–H and O–H groups in total. The molecule has 54 valence electrons. The molecular formula is C7H7ClNO-. The van der Waals surface area contributed by atoms with E-state index in [1.165, 1.54) is 0 Å². The van der Waals surface area contributed by atoms with Crippen LogP contribution < -0.4 is 5.73 Å². The minimum absolute atomic E-state index is 0.206. The summed E-state index contributed by atoms with van der Waals surface area (Å²) in [5, 5.41) is 9.35. The first-order valence-electron chi connectivity index (χ1n) is 2.77. The largest absolute Gasteiger partial charge is 0.411 e. The minimum atomic E-state index is -0.206. The number of hydrogen-bond acceptors (Lipinski definition) is 2. The van der Waals surface area contributed by atoms with Crippen LogP contribution in [0.25, 0.3) is 0 Å². The van der Waals surface area contributed by atoms with Crippen molar-refractivity contribution < 1.29 is 5.11 Å². The molecule has 1 aromatic rings. The molecule has 0 heterocycles. The molecule has 3 heteroatoms. The number of aliphatic hydroxyl groups is 1. The Morgan fingerprint density at radius 3 is 2.60 bits per heavy atom. The van der Waals surface area contributed by atoms with Crippen molar-refractivity contribution >= 4 is 11.6 Å². The van der Waals surface area contributed by atoms with Crippen molar-refractivity contribution in [2.24, 2.45) is 5.73 Å². The van der Waals surface area contributed by atoms with Gasteiger partial charge in [0.25, 0.3) is 0 Å². The Bertz CT molecular complexity index is 225. The second-order valence-electron chi connectivity index (χ2n) is 1.90. The highest BCUT2D eigenvalue weighted by atomic mass is 35.5. The average molecular weight is 157 g/mol. The van der Waals surface area contributed by atoms with Crippen molar-refractivity contribution in [3.05, 3.63) is 41.1 Å². The number of benzene rings is 1. The van der Waals surface area contributed by atoms with E-state index in [0.29, 0.717) is 10.6 Å². The van der Waals surface area contributed by atoms with Gasteiger partial charge in [-0.3, -0.25) is 0 Å². The Kier molecular flexibility index (Phi) is 2.17. The van der Waals surface area contributed by atoms with Crippen LogP contribution in [0.15, 0.2) is 24.3 Å². The van der Waals surface area contributed by atoms with E-state index in [0.717, 1.165) is 0 Å². The third-order valence-corrected chi connectivity index (χ3v) is 1.36. The first-order valence-corrected chi connectivity index (χ1v) is 3.15. The van der Waals surface area contributed by atoms with E-state index in [1.54, 1.807) is 24.3 Å². The van der Waals surface area contributed by atoms with Gasteiger partial charge in [-0.15, -0.1) is 17.7 Å². The molecule has 0 aliphatic heterocycles. The molecule has 0 fully saturated rings. The van der Waals surface area contributed by atoms with E-state index in [1.807, 2.05) is 0 Å². The Morgan fingerprint density at radius 1 is 1.50 bits per heavy atom. The molecule has 2 nitrogen and oxygen atoms in total. The molecule has 10 heavy (non-hydrogen) atoms. The molecule has 0 spiro atoms. The molecule has 0 bridgehead atoms. The van der Waals surface area contributed by atoms with Gasteiger partial charge in [0.15, 0.2) is 0 Å².